The summed E-state index contributed by atoms with van der Waals surface area (Å²) < 4.78 is 39.3. The van der Waals surface area contributed by atoms with Gasteiger partial charge in [-0.25, -0.2) is 21.9 Å². The molecule has 0 radical (unpaired) electrons. The lowest BCUT2D eigenvalue weighted by molar-refractivity contribution is -0.122. The molecule has 29 heavy (non-hydrogen) atoms. The second-order valence-electron chi connectivity index (χ2n) is 7.41. The molecule has 2 aliphatic rings. The second kappa shape index (κ2) is 7.96. The van der Waals surface area contributed by atoms with Gasteiger partial charge in [-0.05, 0) is 43.4 Å². The quantitative estimate of drug-likeness (QED) is 0.662. The van der Waals surface area contributed by atoms with E-state index in [2.05, 4.69) is 22.0 Å². The molecule has 9 nitrogen and oxygen atoms in total. The Morgan fingerprint density at radius 1 is 1.48 bits per heavy atom. The highest BCUT2D eigenvalue weighted by Crippen LogP contribution is 2.30. The van der Waals surface area contributed by atoms with E-state index >= 15 is 0 Å². The first-order valence-electron chi connectivity index (χ1n) is 9.19. The zero-order valence-electron chi connectivity index (χ0n) is 16.0. The number of carbonyl (C=O) groups is 2. The van der Waals surface area contributed by atoms with Crippen molar-refractivity contribution in [2.45, 2.75) is 37.2 Å². The standard InChI is InChI=1S/C18H22FN5O4S/c1-10-5-13(7-20)21-8-14(10)11(2)22-17(25)9-24-18(26)23-15-4-3-12(19)6-16(15)29(24,27)28/h3-4,6,10-11,13-14,21H,5,8-9H2,1-2H3,(H,22,25)(H,23,26)/t10?,11-,13?,14?/m1/s1. The predicted octanol–water partition coefficient (Wildman–Crippen LogP) is 1.00. The van der Waals surface area contributed by atoms with Crippen LogP contribution in [0, 0.1) is 29.0 Å². The van der Waals surface area contributed by atoms with Gasteiger partial charge in [-0.3, -0.25) is 4.79 Å². The molecule has 0 aliphatic carbocycles. The van der Waals surface area contributed by atoms with Crippen LogP contribution >= 0.6 is 0 Å². The van der Waals surface area contributed by atoms with Crippen molar-refractivity contribution < 1.29 is 22.4 Å². The molecule has 3 N–H and O–H groups in total. The summed E-state index contributed by atoms with van der Waals surface area (Å²) in [7, 11) is -4.36. The topological polar surface area (TPSA) is 131 Å². The van der Waals surface area contributed by atoms with Crippen molar-refractivity contribution in [3.05, 3.63) is 24.0 Å². The van der Waals surface area contributed by atoms with E-state index in [0.29, 0.717) is 17.3 Å². The molecule has 0 spiro atoms. The summed E-state index contributed by atoms with van der Waals surface area (Å²) in [6.45, 7) is 3.61. The number of fused-ring (bicyclic) bond motifs is 1. The normalized spacial score (nSPS) is 26.6. The largest absolute Gasteiger partial charge is 0.352 e. The minimum absolute atomic E-state index is 0.0319. The molecule has 1 aromatic carbocycles. The SMILES string of the molecule is CC1CC(C#N)NCC1[C@@H](C)NC(=O)CN1C(=O)Nc2ccc(F)cc2S1(=O)=O. The Hall–Kier alpha value is -2.71. The van der Waals surface area contributed by atoms with Crippen LogP contribution in [0.15, 0.2) is 23.1 Å². The predicted molar refractivity (Wildman–Crippen MR) is 102 cm³/mol. The van der Waals surface area contributed by atoms with Crippen molar-refractivity contribution in [2.24, 2.45) is 11.8 Å². The summed E-state index contributed by atoms with van der Waals surface area (Å²) in [6, 6.07) is 3.66. The number of sulfonamides is 1. The number of carbonyl (C=O) groups excluding carboxylic acids is 2. The Balaban J connectivity index is 1.69. The molecule has 3 rings (SSSR count). The van der Waals surface area contributed by atoms with Crippen LogP contribution in [0.5, 0.6) is 0 Å². The Bertz CT molecular complexity index is 977. The molecule has 2 heterocycles. The van der Waals surface area contributed by atoms with Crippen molar-refractivity contribution >= 4 is 27.6 Å². The van der Waals surface area contributed by atoms with Crippen LogP contribution < -0.4 is 16.0 Å². The van der Waals surface area contributed by atoms with E-state index in [1.54, 1.807) is 6.92 Å². The number of benzene rings is 1. The van der Waals surface area contributed by atoms with Crippen LogP contribution in [-0.4, -0.2) is 49.8 Å². The van der Waals surface area contributed by atoms with Crippen LogP contribution in [0.25, 0.3) is 0 Å². The molecule has 0 bridgehead atoms. The van der Waals surface area contributed by atoms with Crippen LogP contribution in [-0.2, 0) is 14.8 Å². The number of piperidine rings is 1. The summed E-state index contributed by atoms with van der Waals surface area (Å²) in [4.78, 5) is 24.3. The van der Waals surface area contributed by atoms with Gasteiger partial charge in [-0.1, -0.05) is 6.92 Å². The van der Waals surface area contributed by atoms with E-state index in [0.717, 1.165) is 18.2 Å². The molecule has 1 aromatic rings. The van der Waals surface area contributed by atoms with E-state index in [-0.39, 0.29) is 29.6 Å². The molecule has 156 valence electrons. The number of hydrogen-bond acceptors (Lipinski definition) is 6. The van der Waals surface area contributed by atoms with Gasteiger partial charge in [0, 0.05) is 12.6 Å². The monoisotopic (exact) mass is 423 g/mol. The molecular weight excluding hydrogens is 401 g/mol. The molecule has 11 heteroatoms. The molecule has 3 amide bonds. The first-order valence-corrected chi connectivity index (χ1v) is 10.6. The van der Waals surface area contributed by atoms with E-state index in [9.17, 15) is 22.4 Å². The fourth-order valence-electron chi connectivity index (χ4n) is 3.79. The Morgan fingerprint density at radius 3 is 2.86 bits per heavy atom. The zero-order valence-corrected chi connectivity index (χ0v) is 16.8. The highest BCUT2D eigenvalue weighted by Gasteiger charge is 2.39. The number of nitrogens with one attached hydrogen (secondary N) is 3. The number of nitrogens with zero attached hydrogens (tertiary/aromatic N) is 2. The third-order valence-corrected chi connectivity index (χ3v) is 7.16. The molecule has 1 saturated heterocycles. The van der Waals surface area contributed by atoms with Crippen LogP contribution in [0.1, 0.15) is 20.3 Å². The second-order valence-corrected chi connectivity index (χ2v) is 9.24. The smallest absolute Gasteiger partial charge is 0.336 e. The zero-order chi connectivity index (χ0) is 21.3. The van der Waals surface area contributed by atoms with E-state index in [1.807, 2.05) is 6.92 Å². The van der Waals surface area contributed by atoms with Gasteiger partial charge in [0.2, 0.25) is 5.91 Å². The Morgan fingerprint density at radius 2 is 2.21 bits per heavy atom. The molecule has 0 aromatic heterocycles. The number of rotatable bonds is 4. The van der Waals surface area contributed by atoms with Gasteiger partial charge in [0.25, 0.3) is 10.0 Å². The van der Waals surface area contributed by atoms with Crippen LogP contribution in [0.3, 0.4) is 0 Å². The van der Waals surface area contributed by atoms with E-state index < -0.39 is 39.2 Å². The number of nitriles is 1. The number of anilines is 1. The van der Waals surface area contributed by atoms with Crippen molar-refractivity contribution in [1.29, 1.82) is 5.26 Å². The molecule has 1 fully saturated rings. The highest BCUT2D eigenvalue weighted by molar-refractivity contribution is 7.90. The number of urea groups is 1. The lowest BCUT2D eigenvalue weighted by atomic mass is 9.80. The molecule has 3 unspecified atom stereocenters. The van der Waals surface area contributed by atoms with Gasteiger partial charge in [0.15, 0.2) is 0 Å². The fraction of sp³-hybridized carbons (Fsp3) is 0.500. The average molecular weight is 423 g/mol. The number of halogens is 1. The lowest BCUT2D eigenvalue weighted by Crippen LogP contribution is -2.54. The van der Waals surface area contributed by atoms with Crippen molar-refractivity contribution in [1.82, 2.24) is 14.9 Å². The van der Waals surface area contributed by atoms with E-state index in [1.165, 1.54) is 0 Å². The van der Waals surface area contributed by atoms with Crippen LogP contribution in [0.2, 0.25) is 0 Å². The molecule has 2 aliphatic heterocycles. The third-order valence-electron chi connectivity index (χ3n) is 5.39. The summed E-state index contributed by atoms with van der Waals surface area (Å²) >= 11 is 0. The minimum atomic E-state index is -4.36. The highest BCUT2D eigenvalue weighted by atomic mass is 32.2. The summed E-state index contributed by atoms with van der Waals surface area (Å²) in [6.07, 6.45) is 0.645. The first kappa shape index (κ1) is 21.0. The van der Waals surface area contributed by atoms with Gasteiger partial charge in [-0.2, -0.15) is 5.26 Å². The van der Waals surface area contributed by atoms with Gasteiger partial charge < -0.3 is 16.0 Å². The number of amides is 3. The molecular formula is C18H22FN5O4S. The Labute approximate surface area is 168 Å². The van der Waals surface area contributed by atoms with Crippen molar-refractivity contribution in [3.63, 3.8) is 0 Å². The fourth-order valence-corrected chi connectivity index (χ4v) is 5.24. The van der Waals surface area contributed by atoms with Crippen molar-refractivity contribution in [2.75, 3.05) is 18.4 Å². The maximum Gasteiger partial charge on any atom is 0.336 e. The summed E-state index contributed by atoms with van der Waals surface area (Å²) in [5, 5.41) is 17.2. The maximum absolute atomic E-state index is 13.5. The lowest BCUT2D eigenvalue weighted by Gasteiger charge is -2.36. The van der Waals surface area contributed by atoms with Gasteiger partial charge in [0.05, 0.1) is 17.8 Å². The number of hydrogen-bond donors (Lipinski definition) is 3. The van der Waals surface area contributed by atoms with Gasteiger partial charge >= 0.3 is 6.03 Å². The van der Waals surface area contributed by atoms with Crippen molar-refractivity contribution in [3.8, 4) is 6.07 Å². The summed E-state index contributed by atoms with van der Waals surface area (Å²) in [5.74, 6) is -1.19. The Kier molecular flexibility index (Phi) is 5.77. The first-order chi connectivity index (χ1) is 13.6. The molecule has 4 atom stereocenters. The third kappa shape index (κ3) is 4.18. The maximum atomic E-state index is 13.5. The van der Waals surface area contributed by atoms with Crippen LogP contribution in [0.4, 0.5) is 14.9 Å². The minimum Gasteiger partial charge on any atom is -0.352 e. The van der Waals surface area contributed by atoms with Gasteiger partial charge in [0.1, 0.15) is 17.3 Å². The van der Waals surface area contributed by atoms with E-state index in [4.69, 9.17) is 5.26 Å². The van der Waals surface area contributed by atoms with Gasteiger partial charge in [-0.15, -0.1) is 0 Å². The molecule has 0 saturated carbocycles. The average Bonchev–Trinajstić information content (AvgIpc) is 2.65. The summed E-state index contributed by atoms with van der Waals surface area (Å²) in [5.41, 5.74) is -0.0319.